The van der Waals surface area contributed by atoms with Crippen LogP contribution >= 0.6 is 0 Å². The molecule has 1 unspecified atom stereocenters. The Kier molecular flexibility index (Phi) is 2.60. The van der Waals surface area contributed by atoms with Crippen molar-refractivity contribution < 1.29 is 13.5 Å². The highest BCUT2D eigenvalue weighted by Gasteiger charge is 2.41. The number of hydrogen-bond acceptors (Lipinski definition) is 3. The molecule has 1 atom stereocenters. The molecule has 4 heteroatoms. The molecule has 0 aromatic rings. The first-order valence-corrected chi connectivity index (χ1v) is 7.17. The van der Waals surface area contributed by atoms with Gasteiger partial charge in [-0.15, -0.1) is 0 Å². The Bertz CT molecular complexity index is 303. The van der Waals surface area contributed by atoms with Gasteiger partial charge >= 0.3 is 0 Å². The summed E-state index contributed by atoms with van der Waals surface area (Å²) in [7, 11) is -2.83. The second-order valence-corrected chi connectivity index (χ2v) is 7.15. The van der Waals surface area contributed by atoms with Gasteiger partial charge in [-0.2, -0.15) is 0 Å². The van der Waals surface area contributed by atoms with Gasteiger partial charge in [0.05, 0.1) is 16.6 Å². The van der Waals surface area contributed by atoms with Crippen LogP contribution in [-0.2, 0) is 9.84 Å². The second-order valence-electron chi connectivity index (χ2n) is 4.75. The van der Waals surface area contributed by atoms with E-state index < -0.39 is 15.4 Å². The monoisotopic (exact) mass is 218 g/mol. The molecule has 0 amide bonds. The fraction of sp³-hybridized carbons (Fsp3) is 1.00. The predicted molar refractivity (Wildman–Crippen MR) is 54.8 cm³/mol. The maximum atomic E-state index is 11.6. The van der Waals surface area contributed by atoms with Crippen LogP contribution in [0.15, 0.2) is 0 Å². The van der Waals surface area contributed by atoms with Crippen LogP contribution < -0.4 is 0 Å². The van der Waals surface area contributed by atoms with Gasteiger partial charge in [-0.05, 0) is 38.5 Å². The number of sulfone groups is 1. The summed E-state index contributed by atoms with van der Waals surface area (Å²) < 4.78 is 23.3. The highest BCUT2D eigenvalue weighted by atomic mass is 32.2. The molecule has 0 aromatic heterocycles. The highest BCUT2D eigenvalue weighted by molar-refractivity contribution is 7.92. The lowest BCUT2D eigenvalue weighted by molar-refractivity contribution is 0.136. The minimum absolute atomic E-state index is 0.166. The van der Waals surface area contributed by atoms with E-state index in [1.807, 2.05) is 0 Å². The molecule has 3 nitrogen and oxygen atoms in total. The Balaban J connectivity index is 1.89. The molecule has 2 rings (SSSR count). The molecule has 1 heterocycles. The summed E-state index contributed by atoms with van der Waals surface area (Å²) >= 11 is 0. The van der Waals surface area contributed by atoms with Crippen molar-refractivity contribution in [1.29, 1.82) is 0 Å². The topological polar surface area (TPSA) is 54.4 Å². The van der Waals surface area contributed by atoms with Crippen LogP contribution in [0.4, 0.5) is 0 Å². The lowest BCUT2D eigenvalue weighted by Crippen LogP contribution is -2.29. The Morgan fingerprint density at radius 3 is 2.57 bits per heavy atom. The zero-order valence-electron chi connectivity index (χ0n) is 8.41. The second kappa shape index (κ2) is 3.49. The first-order chi connectivity index (χ1) is 6.52. The summed E-state index contributed by atoms with van der Waals surface area (Å²) in [4.78, 5) is 0. The molecule has 1 aliphatic heterocycles. The Morgan fingerprint density at radius 1 is 1.29 bits per heavy atom. The number of rotatable bonds is 3. The third kappa shape index (κ3) is 2.28. The van der Waals surface area contributed by atoms with Crippen LogP contribution in [0.1, 0.15) is 44.9 Å². The van der Waals surface area contributed by atoms with Gasteiger partial charge in [0.2, 0.25) is 0 Å². The standard InChI is InChI=1S/C10H18O3S/c11-10(6-7-10)5-4-9-3-1-2-8-14(9,12)13/h9,11H,1-8H2. The van der Waals surface area contributed by atoms with Crippen molar-refractivity contribution >= 4 is 9.84 Å². The minimum Gasteiger partial charge on any atom is -0.390 e. The van der Waals surface area contributed by atoms with Gasteiger partial charge in [-0.3, -0.25) is 0 Å². The third-order valence-electron chi connectivity index (χ3n) is 3.47. The predicted octanol–water partition coefficient (Wildman–Crippen LogP) is 1.26. The molecule has 0 bridgehead atoms. The fourth-order valence-corrected chi connectivity index (χ4v) is 4.11. The third-order valence-corrected chi connectivity index (χ3v) is 5.82. The van der Waals surface area contributed by atoms with E-state index in [1.54, 1.807) is 0 Å². The number of aliphatic hydroxyl groups is 1. The SMILES string of the molecule is O=S1(=O)CCCCC1CCC1(O)CC1. The maximum absolute atomic E-state index is 11.6. The van der Waals surface area contributed by atoms with Crippen LogP contribution in [0.25, 0.3) is 0 Å². The van der Waals surface area contributed by atoms with E-state index in [2.05, 4.69) is 0 Å². The summed E-state index contributed by atoms with van der Waals surface area (Å²) in [6.45, 7) is 0. The summed E-state index contributed by atoms with van der Waals surface area (Å²) in [5.41, 5.74) is -0.493. The molecule has 1 saturated carbocycles. The van der Waals surface area contributed by atoms with Gasteiger partial charge in [-0.1, -0.05) is 6.42 Å². The van der Waals surface area contributed by atoms with E-state index in [-0.39, 0.29) is 5.25 Å². The van der Waals surface area contributed by atoms with Crippen molar-refractivity contribution in [3.8, 4) is 0 Å². The van der Waals surface area contributed by atoms with Crippen LogP contribution in [0.3, 0.4) is 0 Å². The molecule has 1 N–H and O–H groups in total. The van der Waals surface area contributed by atoms with Crippen molar-refractivity contribution in [1.82, 2.24) is 0 Å². The van der Waals surface area contributed by atoms with Gasteiger partial charge in [0.15, 0.2) is 9.84 Å². The van der Waals surface area contributed by atoms with E-state index >= 15 is 0 Å². The van der Waals surface area contributed by atoms with Crippen molar-refractivity contribution in [2.75, 3.05) is 5.75 Å². The van der Waals surface area contributed by atoms with Crippen LogP contribution in [0, 0.1) is 0 Å². The molecule has 2 fully saturated rings. The highest BCUT2D eigenvalue weighted by Crippen LogP contribution is 2.40. The van der Waals surface area contributed by atoms with Crippen LogP contribution in [-0.4, -0.2) is 30.1 Å². The minimum atomic E-state index is -2.83. The lowest BCUT2D eigenvalue weighted by atomic mass is 10.1. The Morgan fingerprint density at radius 2 is 2.00 bits per heavy atom. The normalized spacial score (nSPS) is 33.9. The fourth-order valence-electron chi connectivity index (χ4n) is 2.17. The van der Waals surface area contributed by atoms with E-state index in [1.165, 1.54) is 0 Å². The lowest BCUT2D eigenvalue weighted by Gasteiger charge is -2.22. The maximum Gasteiger partial charge on any atom is 0.153 e. The van der Waals surface area contributed by atoms with Gasteiger partial charge in [0.25, 0.3) is 0 Å². The Labute approximate surface area is 85.4 Å². The number of hydrogen-bond donors (Lipinski definition) is 1. The van der Waals surface area contributed by atoms with Gasteiger partial charge in [0.1, 0.15) is 0 Å². The van der Waals surface area contributed by atoms with Crippen molar-refractivity contribution in [3.05, 3.63) is 0 Å². The summed E-state index contributed by atoms with van der Waals surface area (Å²) in [6.07, 6.45) is 5.72. The molecule has 1 saturated heterocycles. The zero-order valence-corrected chi connectivity index (χ0v) is 9.22. The molecule has 0 aromatic carbocycles. The molecule has 1 aliphatic carbocycles. The van der Waals surface area contributed by atoms with E-state index in [9.17, 15) is 13.5 Å². The summed E-state index contributed by atoms with van der Waals surface area (Å²) in [5.74, 6) is 0.357. The van der Waals surface area contributed by atoms with Crippen molar-refractivity contribution in [2.45, 2.75) is 55.8 Å². The van der Waals surface area contributed by atoms with E-state index in [4.69, 9.17) is 0 Å². The smallest absolute Gasteiger partial charge is 0.153 e. The molecule has 14 heavy (non-hydrogen) atoms. The van der Waals surface area contributed by atoms with Gasteiger partial charge < -0.3 is 5.11 Å². The molecular weight excluding hydrogens is 200 g/mol. The largest absolute Gasteiger partial charge is 0.390 e. The molecular formula is C10H18O3S. The first-order valence-electron chi connectivity index (χ1n) is 5.46. The van der Waals surface area contributed by atoms with Crippen LogP contribution in [0.2, 0.25) is 0 Å². The van der Waals surface area contributed by atoms with E-state index in [0.29, 0.717) is 18.6 Å². The Hall–Kier alpha value is -0.0900. The van der Waals surface area contributed by atoms with Gasteiger partial charge in [0, 0.05) is 0 Å². The van der Waals surface area contributed by atoms with Crippen LogP contribution in [0.5, 0.6) is 0 Å². The molecule has 0 radical (unpaired) electrons. The zero-order chi connectivity index (χ0) is 10.2. The average molecular weight is 218 g/mol. The molecule has 0 spiro atoms. The van der Waals surface area contributed by atoms with Gasteiger partial charge in [-0.25, -0.2) is 8.42 Å². The van der Waals surface area contributed by atoms with E-state index in [0.717, 1.165) is 32.1 Å². The molecule has 82 valence electrons. The summed E-state index contributed by atoms with van der Waals surface area (Å²) in [5, 5.41) is 9.47. The quantitative estimate of drug-likeness (QED) is 0.776. The average Bonchev–Trinajstić information content (AvgIpc) is 2.82. The first kappa shape index (κ1) is 10.4. The van der Waals surface area contributed by atoms with Crippen molar-refractivity contribution in [2.24, 2.45) is 0 Å². The summed E-state index contributed by atoms with van der Waals surface area (Å²) in [6, 6.07) is 0. The molecule has 2 aliphatic rings. The van der Waals surface area contributed by atoms with Crippen molar-refractivity contribution in [3.63, 3.8) is 0 Å².